The van der Waals surface area contributed by atoms with Gasteiger partial charge in [-0.25, -0.2) is 4.98 Å². The molecule has 1 aromatic heterocycles. The molecule has 1 atom stereocenters. The van der Waals surface area contributed by atoms with Gasteiger partial charge < -0.3 is 20.7 Å². The van der Waals surface area contributed by atoms with Gasteiger partial charge in [-0.1, -0.05) is 0 Å². The highest BCUT2D eigenvalue weighted by molar-refractivity contribution is 6.03. The highest BCUT2D eigenvalue weighted by Gasteiger charge is 2.24. The number of nitrogens with one attached hydrogen (secondary N) is 1. The quantitative estimate of drug-likeness (QED) is 0.829. The number of anilines is 1. The van der Waals surface area contributed by atoms with Crippen LogP contribution >= 0.6 is 0 Å². The van der Waals surface area contributed by atoms with Crippen LogP contribution in [0.25, 0.3) is 10.8 Å². The van der Waals surface area contributed by atoms with Gasteiger partial charge in [-0.15, -0.1) is 0 Å². The lowest BCUT2D eigenvalue weighted by Crippen LogP contribution is -2.45. The van der Waals surface area contributed by atoms with Gasteiger partial charge in [-0.2, -0.15) is 5.26 Å². The molecule has 3 rings (SSSR count). The van der Waals surface area contributed by atoms with Gasteiger partial charge in [0.05, 0.1) is 18.7 Å². The van der Waals surface area contributed by atoms with Gasteiger partial charge in [0.1, 0.15) is 18.0 Å². The zero-order chi connectivity index (χ0) is 19.4. The molecule has 2 heterocycles. The summed E-state index contributed by atoms with van der Waals surface area (Å²) >= 11 is 0. The zero-order valence-corrected chi connectivity index (χ0v) is 15.1. The third kappa shape index (κ3) is 3.92. The van der Waals surface area contributed by atoms with Gasteiger partial charge in [-0.05, 0) is 36.4 Å². The first-order valence-electron chi connectivity index (χ1n) is 8.71. The number of nitrogens with zero attached hydrogens (tertiary/aromatic N) is 3. The summed E-state index contributed by atoms with van der Waals surface area (Å²) in [6.45, 7) is 1.19. The maximum Gasteiger partial charge on any atom is 0.252 e. The normalized spacial score (nSPS) is 16.6. The number of pyridine rings is 1. The van der Waals surface area contributed by atoms with E-state index in [0.29, 0.717) is 30.2 Å². The van der Waals surface area contributed by atoms with E-state index in [4.69, 9.17) is 15.7 Å². The molecule has 1 aliphatic heterocycles. The molecule has 2 amide bonds. The van der Waals surface area contributed by atoms with Crippen LogP contribution in [-0.2, 0) is 4.79 Å². The van der Waals surface area contributed by atoms with Crippen LogP contribution in [0.15, 0.2) is 24.4 Å². The fourth-order valence-corrected chi connectivity index (χ4v) is 3.37. The summed E-state index contributed by atoms with van der Waals surface area (Å²) in [4.78, 5) is 29.8. The Labute approximate surface area is 156 Å². The summed E-state index contributed by atoms with van der Waals surface area (Å²) in [6.07, 6.45) is 3.30. The molecule has 1 aliphatic rings. The van der Waals surface area contributed by atoms with E-state index in [9.17, 15) is 9.59 Å². The number of likely N-dealkylation sites (tertiary alicyclic amines) is 1. The number of hydrogen-bond donors (Lipinski definition) is 2. The Bertz CT molecular complexity index is 921. The minimum absolute atomic E-state index is 0.0290. The number of ether oxygens (including phenoxy) is 1. The number of primary amides is 1. The Kier molecular flexibility index (Phi) is 5.41. The van der Waals surface area contributed by atoms with Crippen molar-refractivity contribution >= 4 is 28.4 Å². The third-order valence-electron chi connectivity index (χ3n) is 4.70. The molecule has 1 aromatic carbocycles. The molecule has 140 valence electrons. The molecule has 0 saturated carbocycles. The van der Waals surface area contributed by atoms with E-state index in [1.165, 1.54) is 7.11 Å². The summed E-state index contributed by atoms with van der Waals surface area (Å²) in [7, 11) is 1.48. The second-order valence-corrected chi connectivity index (χ2v) is 6.46. The van der Waals surface area contributed by atoms with Gasteiger partial charge in [0.15, 0.2) is 0 Å². The molecular formula is C19H21N5O3. The monoisotopic (exact) mass is 367 g/mol. The Hall–Kier alpha value is -3.34. The minimum Gasteiger partial charge on any atom is -0.496 e. The molecule has 8 heteroatoms. The molecule has 0 radical (unpaired) electrons. The highest BCUT2D eigenvalue weighted by Crippen LogP contribution is 2.30. The smallest absolute Gasteiger partial charge is 0.252 e. The lowest BCUT2D eigenvalue weighted by Gasteiger charge is -2.33. The van der Waals surface area contributed by atoms with Crippen molar-refractivity contribution in [1.29, 1.82) is 5.26 Å². The maximum atomic E-state index is 12.0. The Morgan fingerprint density at radius 1 is 1.48 bits per heavy atom. The number of rotatable bonds is 5. The van der Waals surface area contributed by atoms with Gasteiger partial charge >= 0.3 is 0 Å². The van der Waals surface area contributed by atoms with E-state index >= 15 is 0 Å². The number of fused-ring (bicyclic) bond motifs is 1. The molecular weight excluding hydrogens is 346 g/mol. The number of hydrogen-bond acceptors (Lipinski definition) is 6. The standard InChI is InChI=1S/C19H21N5O3/c1-27-16-10-14-12(9-15(16)18(21)26)5-7-22-19(14)23-13-3-2-8-24(11-13)17(25)4-6-20/h5,7,9-10,13H,2-4,8,11H2,1H3,(H2,21,26)(H,22,23). The second-order valence-electron chi connectivity index (χ2n) is 6.46. The Morgan fingerprint density at radius 2 is 2.30 bits per heavy atom. The molecule has 0 bridgehead atoms. The van der Waals surface area contributed by atoms with Crippen LogP contribution in [0.1, 0.15) is 29.6 Å². The van der Waals surface area contributed by atoms with E-state index in [2.05, 4.69) is 10.3 Å². The van der Waals surface area contributed by atoms with Crippen molar-refractivity contribution in [2.75, 3.05) is 25.5 Å². The van der Waals surface area contributed by atoms with Crippen molar-refractivity contribution in [3.63, 3.8) is 0 Å². The molecule has 2 aromatic rings. The first-order valence-corrected chi connectivity index (χ1v) is 8.71. The van der Waals surface area contributed by atoms with Crippen LogP contribution in [0.2, 0.25) is 0 Å². The Balaban J connectivity index is 1.87. The number of nitrogens with two attached hydrogens (primary N) is 1. The number of nitriles is 1. The van der Waals surface area contributed by atoms with Crippen molar-refractivity contribution in [1.82, 2.24) is 9.88 Å². The van der Waals surface area contributed by atoms with Crippen LogP contribution in [-0.4, -0.2) is 47.9 Å². The van der Waals surface area contributed by atoms with Gasteiger partial charge in [-0.3, -0.25) is 9.59 Å². The summed E-state index contributed by atoms with van der Waals surface area (Å²) < 4.78 is 5.30. The van der Waals surface area contributed by atoms with Gasteiger partial charge in [0, 0.05) is 30.7 Å². The van der Waals surface area contributed by atoms with E-state index in [1.807, 2.05) is 6.07 Å². The molecule has 1 fully saturated rings. The third-order valence-corrected chi connectivity index (χ3v) is 4.70. The maximum absolute atomic E-state index is 12.0. The number of methoxy groups -OCH3 is 1. The highest BCUT2D eigenvalue weighted by atomic mass is 16.5. The SMILES string of the molecule is COc1cc2c(NC3CCCN(C(=O)CC#N)C3)nccc2cc1C(N)=O. The number of amides is 2. The van der Waals surface area contributed by atoms with Gasteiger partial charge in [0.2, 0.25) is 5.91 Å². The van der Waals surface area contributed by atoms with Crippen molar-refractivity contribution in [2.45, 2.75) is 25.3 Å². The lowest BCUT2D eigenvalue weighted by atomic mass is 10.0. The summed E-state index contributed by atoms with van der Waals surface area (Å²) in [5.41, 5.74) is 5.74. The molecule has 3 N–H and O–H groups in total. The van der Waals surface area contributed by atoms with E-state index in [0.717, 1.165) is 23.6 Å². The topological polar surface area (TPSA) is 121 Å². The number of benzene rings is 1. The largest absolute Gasteiger partial charge is 0.496 e. The molecule has 0 aliphatic carbocycles. The molecule has 1 unspecified atom stereocenters. The fourth-order valence-electron chi connectivity index (χ4n) is 3.37. The van der Waals surface area contributed by atoms with Crippen LogP contribution in [0, 0.1) is 11.3 Å². The predicted octanol–water partition coefficient (Wildman–Crippen LogP) is 1.66. The van der Waals surface area contributed by atoms with E-state index < -0.39 is 5.91 Å². The number of aromatic nitrogens is 1. The zero-order valence-electron chi connectivity index (χ0n) is 15.1. The summed E-state index contributed by atoms with van der Waals surface area (Å²) in [5.74, 6) is 0.337. The number of piperidine rings is 1. The van der Waals surface area contributed by atoms with Crippen LogP contribution in [0.5, 0.6) is 5.75 Å². The predicted molar refractivity (Wildman–Crippen MR) is 100 cm³/mol. The summed E-state index contributed by atoms with van der Waals surface area (Å²) in [6, 6.07) is 7.17. The molecule has 27 heavy (non-hydrogen) atoms. The average Bonchev–Trinajstić information content (AvgIpc) is 2.67. The number of carbonyl (C=O) groups excluding carboxylic acids is 2. The first-order chi connectivity index (χ1) is 13.0. The lowest BCUT2D eigenvalue weighted by molar-refractivity contribution is -0.131. The second kappa shape index (κ2) is 7.91. The van der Waals surface area contributed by atoms with E-state index in [1.54, 1.807) is 29.3 Å². The van der Waals surface area contributed by atoms with Crippen molar-refractivity contribution in [3.05, 3.63) is 30.0 Å². The van der Waals surface area contributed by atoms with Crippen LogP contribution < -0.4 is 15.8 Å². The fraction of sp³-hybridized carbons (Fsp3) is 0.368. The molecule has 0 spiro atoms. The van der Waals surface area contributed by atoms with Crippen LogP contribution in [0.3, 0.4) is 0 Å². The number of carbonyl (C=O) groups is 2. The Morgan fingerprint density at radius 3 is 3.00 bits per heavy atom. The first kappa shape index (κ1) is 18.5. The van der Waals surface area contributed by atoms with Crippen molar-refractivity contribution < 1.29 is 14.3 Å². The van der Waals surface area contributed by atoms with Crippen molar-refractivity contribution in [2.24, 2.45) is 5.73 Å². The van der Waals surface area contributed by atoms with Crippen LogP contribution in [0.4, 0.5) is 5.82 Å². The van der Waals surface area contributed by atoms with Gasteiger partial charge in [0.25, 0.3) is 5.91 Å². The van der Waals surface area contributed by atoms with E-state index in [-0.39, 0.29) is 18.4 Å². The summed E-state index contributed by atoms with van der Waals surface area (Å²) in [5, 5.41) is 13.7. The average molecular weight is 367 g/mol. The van der Waals surface area contributed by atoms with Crippen molar-refractivity contribution in [3.8, 4) is 11.8 Å². The molecule has 1 saturated heterocycles. The molecule has 8 nitrogen and oxygen atoms in total. The minimum atomic E-state index is -0.556.